The van der Waals surface area contributed by atoms with Gasteiger partial charge in [-0.05, 0) is 35.4 Å². The lowest BCUT2D eigenvalue weighted by molar-refractivity contribution is -0.114. The third-order valence-corrected chi connectivity index (χ3v) is 3.10. The zero-order valence-corrected chi connectivity index (χ0v) is 12.1. The highest BCUT2D eigenvalue weighted by Gasteiger charge is 1.97. The number of carbonyl (C=O) groups is 1. The molecule has 1 amide bonds. The van der Waals surface area contributed by atoms with Gasteiger partial charge >= 0.3 is 0 Å². The Kier molecular flexibility index (Phi) is 5.16. The lowest BCUT2D eigenvalue weighted by Crippen LogP contribution is -2.12. The number of hydrogen-bond acceptors (Lipinski definition) is 2. The van der Waals surface area contributed by atoms with E-state index in [0.717, 1.165) is 23.8 Å². The molecule has 0 fully saturated rings. The van der Waals surface area contributed by atoms with Crippen LogP contribution in [-0.4, -0.2) is 5.91 Å². The minimum atomic E-state index is -0.0568. The molecule has 2 aromatic rings. The van der Waals surface area contributed by atoms with Crippen LogP contribution >= 0.6 is 11.6 Å². The fraction of sp³-hybridized carbons (Fsp3) is 0.188. The van der Waals surface area contributed by atoms with Crippen LogP contribution in [0.15, 0.2) is 48.5 Å². The Bertz CT molecular complexity index is 564. The van der Waals surface area contributed by atoms with Gasteiger partial charge in [0.15, 0.2) is 0 Å². The fourth-order valence-corrected chi connectivity index (χ4v) is 1.99. The van der Waals surface area contributed by atoms with E-state index in [-0.39, 0.29) is 5.91 Å². The van der Waals surface area contributed by atoms with Gasteiger partial charge in [-0.25, -0.2) is 0 Å². The van der Waals surface area contributed by atoms with Crippen molar-refractivity contribution in [2.75, 3.05) is 5.32 Å². The summed E-state index contributed by atoms with van der Waals surface area (Å²) in [5, 5.41) is 6.87. The van der Waals surface area contributed by atoms with Gasteiger partial charge in [-0.3, -0.25) is 4.79 Å². The van der Waals surface area contributed by atoms with Crippen LogP contribution < -0.4 is 10.6 Å². The number of anilines is 1. The topological polar surface area (TPSA) is 41.1 Å². The van der Waals surface area contributed by atoms with Gasteiger partial charge in [0.25, 0.3) is 0 Å². The normalized spacial score (nSPS) is 10.3. The number of amides is 1. The van der Waals surface area contributed by atoms with E-state index < -0.39 is 0 Å². The molecule has 4 heteroatoms. The van der Waals surface area contributed by atoms with Crippen molar-refractivity contribution in [2.45, 2.75) is 20.0 Å². The molecule has 3 nitrogen and oxygen atoms in total. The number of halogens is 1. The smallest absolute Gasteiger partial charge is 0.221 e. The summed E-state index contributed by atoms with van der Waals surface area (Å²) in [7, 11) is 0. The van der Waals surface area contributed by atoms with Crippen LogP contribution in [-0.2, 0) is 17.9 Å². The average Bonchev–Trinajstić information content (AvgIpc) is 2.42. The van der Waals surface area contributed by atoms with E-state index in [2.05, 4.69) is 10.6 Å². The SMILES string of the molecule is CC(=O)Nc1ccc(CNCc2ccc(Cl)cc2)cc1. The van der Waals surface area contributed by atoms with Crippen LogP contribution in [0.5, 0.6) is 0 Å². The summed E-state index contributed by atoms with van der Waals surface area (Å²) < 4.78 is 0. The van der Waals surface area contributed by atoms with Crippen LogP contribution in [0, 0.1) is 0 Å². The maximum absolute atomic E-state index is 10.9. The van der Waals surface area contributed by atoms with E-state index >= 15 is 0 Å². The second-order valence-corrected chi connectivity index (χ2v) is 5.04. The summed E-state index contributed by atoms with van der Waals surface area (Å²) in [6.07, 6.45) is 0. The molecule has 0 aliphatic carbocycles. The van der Waals surface area contributed by atoms with E-state index in [4.69, 9.17) is 11.6 Å². The first-order chi connectivity index (χ1) is 9.63. The van der Waals surface area contributed by atoms with Gasteiger partial charge in [0, 0.05) is 30.7 Å². The fourth-order valence-electron chi connectivity index (χ4n) is 1.86. The minimum Gasteiger partial charge on any atom is -0.326 e. The second kappa shape index (κ2) is 7.08. The van der Waals surface area contributed by atoms with E-state index in [9.17, 15) is 4.79 Å². The van der Waals surface area contributed by atoms with Gasteiger partial charge < -0.3 is 10.6 Å². The number of benzene rings is 2. The molecule has 0 saturated carbocycles. The molecule has 0 atom stereocenters. The van der Waals surface area contributed by atoms with Crippen LogP contribution in [0.4, 0.5) is 5.69 Å². The predicted octanol–water partition coefficient (Wildman–Crippen LogP) is 3.59. The Balaban J connectivity index is 1.82. The van der Waals surface area contributed by atoms with Gasteiger partial charge in [0.2, 0.25) is 5.91 Å². The van der Waals surface area contributed by atoms with Crippen molar-refractivity contribution in [3.05, 3.63) is 64.7 Å². The number of hydrogen-bond donors (Lipinski definition) is 2. The zero-order valence-electron chi connectivity index (χ0n) is 11.3. The Morgan fingerprint density at radius 3 is 1.95 bits per heavy atom. The third-order valence-electron chi connectivity index (χ3n) is 2.85. The molecule has 0 bridgehead atoms. The van der Waals surface area contributed by atoms with Crippen molar-refractivity contribution in [3.63, 3.8) is 0 Å². The van der Waals surface area contributed by atoms with Crippen molar-refractivity contribution in [3.8, 4) is 0 Å². The maximum atomic E-state index is 10.9. The zero-order chi connectivity index (χ0) is 14.4. The first-order valence-electron chi connectivity index (χ1n) is 6.45. The minimum absolute atomic E-state index is 0.0568. The predicted molar refractivity (Wildman–Crippen MR) is 82.7 cm³/mol. The van der Waals surface area contributed by atoms with Crippen LogP contribution in [0.3, 0.4) is 0 Å². The Labute approximate surface area is 124 Å². The van der Waals surface area contributed by atoms with Gasteiger partial charge in [-0.15, -0.1) is 0 Å². The lowest BCUT2D eigenvalue weighted by Gasteiger charge is -2.07. The highest BCUT2D eigenvalue weighted by molar-refractivity contribution is 6.30. The Morgan fingerprint density at radius 2 is 1.45 bits per heavy atom. The Morgan fingerprint density at radius 1 is 0.950 bits per heavy atom. The third kappa shape index (κ3) is 4.68. The molecule has 2 rings (SSSR count). The number of nitrogens with one attached hydrogen (secondary N) is 2. The van der Waals surface area contributed by atoms with Crippen molar-refractivity contribution in [2.24, 2.45) is 0 Å². The molecule has 2 N–H and O–H groups in total. The first kappa shape index (κ1) is 14.6. The van der Waals surface area contributed by atoms with E-state index in [1.54, 1.807) is 0 Å². The summed E-state index contributed by atoms with van der Waals surface area (Å²) in [6, 6.07) is 15.6. The van der Waals surface area contributed by atoms with Gasteiger partial charge in [0.05, 0.1) is 0 Å². The molecule has 0 spiro atoms. The van der Waals surface area contributed by atoms with Crippen LogP contribution in [0.25, 0.3) is 0 Å². The second-order valence-electron chi connectivity index (χ2n) is 4.61. The first-order valence-corrected chi connectivity index (χ1v) is 6.83. The van der Waals surface area contributed by atoms with Crippen LogP contribution in [0.2, 0.25) is 5.02 Å². The molecule has 0 aliphatic rings. The maximum Gasteiger partial charge on any atom is 0.221 e. The summed E-state index contributed by atoms with van der Waals surface area (Å²) in [6.45, 7) is 3.08. The molecule has 0 aromatic heterocycles. The van der Waals surface area contributed by atoms with E-state index in [1.807, 2.05) is 48.5 Å². The van der Waals surface area contributed by atoms with Gasteiger partial charge in [-0.1, -0.05) is 35.9 Å². The van der Waals surface area contributed by atoms with Crippen LogP contribution in [0.1, 0.15) is 18.1 Å². The summed E-state index contributed by atoms with van der Waals surface area (Å²) in [5.41, 5.74) is 3.19. The molecule has 104 valence electrons. The van der Waals surface area contributed by atoms with E-state index in [0.29, 0.717) is 0 Å². The Hall–Kier alpha value is -1.84. The number of carbonyl (C=O) groups excluding carboxylic acids is 1. The quantitative estimate of drug-likeness (QED) is 0.883. The summed E-state index contributed by atoms with van der Waals surface area (Å²) in [5.74, 6) is -0.0568. The molecule has 0 saturated heterocycles. The van der Waals surface area contributed by atoms with Crippen molar-refractivity contribution in [1.82, 2.24) is 5.32 Å². The molecular formula is C16H17ClN2O. The molecule has 2 aromatic carbocycles. The lowest BCUT2D eigenvalue weighted by atomic mass is 10.2. The van der Waals surface area contributed by atoms with Crippen molar-refractivity contribution >= 4 is 23.2 Å². The number of rotatable bonds is 5. The van der Waals surface area contributed by atoms with Crippen molar-refractivity contribution < 1.29 is 4.79 Å². The molecule has 0 aliphatic heterocycles. The molecule has 0 heterocycles. The molecular weight excluding hydrogens is 272 g/mol. The molecule has 0 unspecified atom stereocenters. The highest BCUT2D eigenvalue weighted by atomic mass is 35.5. The van der Waals surface area contributed by atoms with Gasteiger partial charge in [0.1, 0.15) is 0 Å². The standard InChI is InChI=1S/C16H17ClN2O/c1-12(20)19-16-8-4-14(5-9-16)11-18-10-13-2-6-15(17)7-3-13/h2-9,18H,10-11H2,1H3,(H,19,20). The monoisotopic (exact) mass is 288 g/mol. The van der Waals surface area contributed by atoms with Gasteiger partial charge in [-0.2, -0.15) is 0 Å². The molecule has 0 radical (unpaired) electrons. The molecule has 20 heavy (non-hydrogen) atoms. The largest absolute Gasteiger partial charge is 0.326 e. The average molecular weight is 289 g/mol. The highest BCUT2D eigenvalue weighted by Crippen LogP contribution is 2.11. The van der Waals surface area contributed by atoms with E-state index in [1.165, 1.54) is 18.1 Å². The summed E-state index contributed by atoms with van der Waals surface area (Å²) >= 11 is 5.84. The summed E-state index contributed by atoms with van der Waals surface area (Å²) in [4.78, 5) is 10.9. The van der Waals surface area contributed by atoms with Crippen molar-refractivity contribution in [1.29, 1.82) is 0 Å².